The summed E-state index contributed by atoms with van der Waals surface area (Å²) in [6.45, 7) is 5.74. The van der Waals surface area contributed by atoms with Crippen LogP contribution >= 0.6 is 0 Å². The van der Waals surface area contributed by atoms with Crippen LogP contribution in [0.25, 0.3) is 0 Å². The molecule has 0 spiro atoms. The zero-order valence-electron chi connectivity index (χ0n) is 13.9. The molecular weight excluding hydrogens is 306 g/mol. The third-order valence-electron chi connectivity index (χ3n) is 3.65. The second-order valence-corrected chi connectivity index (χ2v) is 5.34. The minimum absolute atomic E-state index is 0.277. The van der Waals surface area contributed by atoms with Gasteiger partial charge in [0.15, 0.2) is 0 Å². The zero-order chi connectivity index (χ0) is 17.7. The SMILES string of the molecule is CCOC(=O)c1c(C)[nH]c(C(=O)NCc2cccc(C#N)c2)c1C. The molecule has 0 atom stereocenters. The highest BCUT2D eigenvalue weighted by atomic mass is 16.5. The molecule has 6 heteroatoms. The molecular formula is C18H19N3O3. The molecule has 2 N–H and O–H groups in total. The lowest BCUT2D eigenvalue weighted by molar-refractivity contribution is 0.0525. The molecule has 0 saturated carbocycles. The number of aromatic nitrogens is 1. The molecule has 1 heterocycles. The number of hydrogen-bond acceptors (Lipinski definition) is 4. The number of aryl methyl sites for hydroxylation is 1. The van der Waals surface area contributed by atoms with Crippen molar-refractivity contribution >= 4 is 11.9 Å². The van der Waals surface area contributed by atoms with Gasteiger partial charge in [0.25, 0.3) is 5.91 Å². The van der Waals surface area contributed by atoms with Crippen molar-refractivity contribution in [3.8, 4) is 6.07 Å². The smallest absolute Gasteiger partial charge is 0.340 e. The van der Waals surface area contributed by atoms with Gasteiger partial charge in [0.05, 0.1) is 23.8 Å². The van der Waals surface area contributed by atoms with Gasteiger partial charge in [-0.25, -0.2) is 4.79 Å². The monoisotopic (exact) mass is 325 g/mol. The van der Waals surface area contributed by atoms with Crippen molar-refractivity contribution in [2.45, 2.75) is 27.3 Å². The molecule has 0 saturated heterocycles. The molecule has 2 rings (SSSR count). The van der Waals surface area contributed by atoms with E-state index in [4.69, 9.17) is 10.00 Å². The van der Waals surface area contributed by atoms with Gasteiger partial charge in [-0.1, -0.05) is 12.1 Å². The molecule has 1 aromatic carbocycles. The summed E-state index contributed by atoms with van der Waals surface area (Å²) in [5.74, 6) is -0.752. The molecule has 0 aliphatic rings. The van der Waals surface area contributed by atoms with Crippen LogP contribution in [0.15, 0.2) is 24.3 Å². The number of carbonyl (C=O) groups is 2. The first kappa shape index (κ1) is 17.3. The van der Waals surface area contributed by atoms with Gasteiger partial charge in [0.2, 0.25) is 0 Å². The second-order valence-electron chi connectivity index (χ2n) is 5.34. The lowest BCUT2D eigenvalue weighted by Crippen LogP contribution is -2.24. The van der Waals surface area contributed by atoms with Crippen molar-refractivity contribution in [3.63, 3.8) is 0 Å². The van der Waals surface area contributed by atoms with E-state index >= 15 is 0 Å². The van der Waals surface area contributed by atoms with Gasteiger partial charge in [0, 0.05) is 12.2 Å². The van der Waals surface area contributed by atoms with Crippen LogP contribution in [-0.4, -0.2) is 23.5 Å². The van der Waals surface area contributed by atoms with E-state index in [1.807, 2.05) is 6.07 Å². The number of benzene rings is 1. The summed E-state index contributed by atoms with van der Waals surface area (Å²) in [5, 5.41) is 11.7. The van der Waals surface area contributed by atoms with E-state index in [0.717, 1.165) is 5.56 Å². The van der Waals surface area contributed by atoms with Crippen LogP contribution in [0.5, 0.6) is 0 Å². The lowest BCUT2D eigenvalue weighted by Gasteiger charge is -2.06. The van der Waals surface area contributed by atoms with Crippen LogP contribution in [0.2, 0.25) is 0 Å². The van der Waals surface area contributed by atoms with Crippen LogP contribution in [0.3, 0.4) is 0 Å². The van der Waals surface area contributed by atoms with E-state index in [0.29, 0.717) is 34.6 Å². The third-order valence-corrected chi connectivity index (χ3v) is 3.65. The summed E-state index contributed by atoms with van der Waals surface area (Å²) in [4.78, 5) is 27.3. The Morgan fingerprint density at radius 2 is 2.08 bits per heavy atom. The number of nitrogens with one attached hydrogen (secondary N) is 2. The van der Waals surface area contributed by atoms with E-state index in [2.05, 4.69) is 16.4 Å². The van der Waals surface area contributed by atoms with Crippen LogP contribution in [0.1, 0.15) is 50.2 Å². The Kier molecular flexibility index (Phi) is 5.38. The Labute approximate surface area is 140 Å². The topological polar surface area (TPSA) is 95.0 Å². The fourth-order valence-electron chi connectivity index (χ4n) is 2.51. The maximum atomic E-state index is 12.4. The van der Waals surface area contributed by atoms with Crippen molar-refractivity contribution in [1.82, 2.24) is 10.3 Å². The first-order valence-electron chi connectivity index (χ1n) is 7.61. The van der Waals surface area contributed by atoms with Gasteiger partial charge in [-0.2, -0.15) is 5.26 Å². The number of esters is 1. The van der Waals surface area contributed by atoms with Crippen LogP contribution in [0, 0.1) is 25.2 Å². The highest BCUT2D eigenvalue weighted by molar-refractivity contribution is 6.00. The van der Waals surface area contributed by atoms with Gasteiger partial charge in [0.1, 0.15) is 5.69 Å². The Morgan fingerprint density at radius 3 is 2.75 bits per heavy atom. The molecule has 0 bridgehead atoms. The van der Waals surface area contributed by atoms with E-state index in [1.54, 1.807) is 39.0 Å². The predicted octanol–water partition coefficient (Wildman–Crippen LogP) is 2.61. The molecule has 6 nitrogen and oxygen atoms in total. The van der Waals surface area contributed by atoms with Gasteiger partial charge >= 0.3 is 5.97 Å². The van der Waals surface area contributed by atoms with Crippen molar-refractivity contribution in [3.05, 3.63) is 57.9 Å². The number of ether oxygens (including phenoxy) is 1. The largest absolute Gasteiger partial charge is 0.462 e. The summed E-state index contributed by atoms with van der Waals surface area (Å²) < 4.78 is 5.02. The lowest BCUT2D eigenvalue weighted by atomic mass is 10.1. The number of rotatable bonds is 5. The molecule has 24 heavy (non-hydrogen) atoms. The molecule has 0 radical (unpaired) electrons. The number of hydrogen-bond donors (Lipinski definition) is 2. The molecule has 2 aromatic rings. The zero-order valence-corrected chi connectivity index (χ0v) is 13.9. The van der Waals surface area contributed by atoms with Crippen LogP contribution in [-0.2, 0) is 11.3 Å². The predicted molar refractivity (Wildman–Crippen MR) is 88.6 cm³/mol. The minimum atomic E-state index is -0.440. The Bertz CT molecular complexity index is 815. The number of carbonyl (C=O) groups excluding carboxylic acids is 2. The summed E-state index contributed by atoms with van der Waals surface area (Å²) >= 11 is 0. The maximum absolute atomic E-state index is 12.4. The molecule has 0 fully saturated rings. The van der Waals surface area contributed by atoms with E-state index in [-0.39, 0.29) is 12.5 Å². The quantitative estimate of drug-likeness (QED) is 0.826. The standard InChI is InChI=1S/C18H19N3O3/c1-4-24-18(23)15-11(2)16(21-12(15)3)17(22)20-10-14-7-5-6-13(8-14)9-19/h5-8,21H,4,10H2,1-3H3,(H,20,22). The molecule has 124 valence electrons. The van der Waals surface area contributed by atoms with Crippen LogP contribution in [0.4, 0.5) is 0 Å². The summed E-state index contributed by atoms with van der Waals surface area (Å²) in [6, 6.07) is 9.08. The summed E-state index contributed by atoms with van der Waals surface area (Å²) in [6.07, 6.45) is 0. The second kappa shape index (κ2) is 7.47. The Morgan fingerprint density at radius 1 is 1.33 bits per heavy atom. The minimum Gasteiger partial charge on any atom is -0.462 e. The molecule has 0 unspecified atom stereocenters. The van der Waals surface area contributed by atoms with Gasteiger partial charge in [-0.15, -0.1) is 0 Å². The van der Waals surface area contributed by atoms with Gasteiger partial charge in [-0.3, -0.25) is 4.79 Å². The normalized spacial score (nSPS) is 10.1. The first-order chi connectivity index (χ1) is 11.5. The molecule has 1 aromatic heterocycles. The fourth-order valence-corrected chi connectivity index (χ4v) is 2.51. The maximum Gasteiger partial charge on any atom is 0.340 e. The number of aromatic amines is 1. The number of nitriles is 1. The number of H-pyrrole nitrogens is 1. The number of nitrogens with zero attached hydrogens (tertiary/aromatic N) is 1. The average molecular weight is 325 g/mol. The first-order valence-corrected chi connectivity index (χ1v) is 7.61. The molecule has 0 aliphatic heterocycles. The highest BCUT2D eigenvalue weighted by Crippen LogP contribution is 2.19. The Hall–Kier alpha value is -3.07. The van der Waals surface area contributed by atoms with Gasteiger partial charge < -0.3 is 15.0 Å². The van der Waals surface area contributed by atoms with Crippen molar-refractivity contribution in [1.29, 1.82) is 5.26 Å². The number of amides is 1. The summed E-state index contributed by atoms with van der Waals surface area (Å²) in [5.41, 5.74) is 3.27. The van der Waals surface area contributed by atoms with Gasteiger partial charge in [-0.05, 0) is 44.0 Å². The van der Waals surface area contributed by atoms with Crippen LogP contribution < -0.4 is 5.32 Å². The molecule has 0 aliphatic carbocycles. The van der Waals surface area contributed by atoms with E-state index in [9.17, 15) is 9.59 Å². The van der Waals surface area contributed by atoms with Crippen molar-refractivity contribution in [2.75, 3.05) is 6.61 Å². The fraction of sp³-hybridized carbons (Fsp3) is 0.278. The van der Waals surface area contributed by atoms with E-state index < -0.39 is 5.97 Å². The third kappa shape index (κ3) is 3.63. The Balaban J connectivity index is 2.14. The van der Waals surface area contributed by atoms with Crippen molar-refractivity contribution < 1.29 is 14.3 Å². The highest BCUT2D eigenvalue weighted by Gasteiger charge is 2.22. The summed E-state index contributed by atoms with van der Waals surface area (Å²) in [7, 11) is 0. The van der Waals surface area contributed by atoms with E-state index in [1.165, 1.54) is 0 Å². The average Bonchev–Trinajstić information content (AvgIpc) is 2.87. The molecule has 1 amide bonds. The van der Waals surface area contributed by atoms with Crippen molar-refractivity contribution in [2.24, 2.45) is 0 Å².